The summed E-state index contributed by atoms with van der Waals surface area (Å²) in [5.74, 6) is -1.82. The minimum absolute atomic E-state index is 0.0393. The average molecular weight is 716 g/mol. The summed E-state index contributed by atoms with van der Waals surface area (Å²) in [5.41, 5.74) is 6.98. The number of rotatable bonds is 4. The Hall–Kier alpha value is -5.67. The molecule has 5 heterocycles. The van der Waals surface area contributed by atoms with Crippen LogP contribution in [0.25, 0.3) is 22.0 Å². The standard InChI is InChI=1S/C36H36F3N9O4/c1-19-9-10-26(36(37,38)39)44-33(19)45-34(52)25-13-35-14-27(35)48(25)29(50)17-47-31-21(7-5-3-4-6-8-28(49)43-18-35)11-22(23-15-41-20(2)42-16-23)12-24(31)30(46-47)32(40)51/h3,5,9-12,15-16,25,27H,4,6-8,13-14,17-18H2,1-2H3,(H2,40,51)(H,43,49)(H,44,45,52)/t25-,27+,35-/m0/s1. The Kier molecular flexibility index (Phi) is 8.79. The fourth-order valence-electron chi connectivity index (χ4n) is 7.33. The van der Waals surface area contributed by atoms with Gasteiger partial charge in [0.05, 0.1) is 5.52 Å². The Bertz CT molecular complexity index is 2150. The number of benzene rings is 1. The first-order valence-electron chi connectivity index (χ1n) is 16.9. The second-order valence-corrected chi connectivity index (χ2v) is 13.7. The largest absolute Gasteiger partial charge is 0.433 e. The van der Waals surface area contributed by atoms with Crippen molar-refractivity contribution in [1.82, 2.24) is 34.9 Å². The maximum absolute atomic E-state index is 14.4. The van der Waals surface area contributed by atoms with Crippen molar-refractivity contribution < 1.29 is 32.3 Å². The van der Waals surface area contributed by atoms with E-state index in [0.717, 1.165) is 11.6 Å². The van der Waals surface area contributed by atoms with Gasteiger partial charge in [0.25, 0.3) is 5.91 Å². The van der Waals surface area contributed by atoms with Crippen LogP contribution < -0.4 is 16.4 Å². The zero-order chi connectivity index (χ0) is 36.9. The number of piperidine rings is 1. The molecule has 0 unspecified atom stereocenters. The predicted octanol–water partition coefficient (Wildman–Crippen LogP) is 4.02. The number of nitrogens with one attached hydrogen (secondary N) is 2. The molecule has 4 aromatic rings. The molecule has 1 saturated carbocycles. The number of halogens is 3. The lowest BCUT2D eigenvalue weighted by Crippen LogP contribution is -2.47. The van der Waals surface area contributed by atoms with Crippen molar-refractivity contribution in [2.45, 2.75) is 77.2 Å². The van der Waals surface area contributed by atoms with Crippen LogP contribution in [-0.2, 0) is 33.5 Å². The molecule has 2 aliphatic heterocycles. The quantitative estimate of drug-likeness (QED) is 0.265. The topological polar surface area (TPSA) is 178 Å². The molecule has 1 aromatic carbocycles. The Balaban J connectivity index is 1.29. The van der Waals surface area contributed by atoms with Crippen LogP contribution in [0, 0.1) is 19.3 Å². The Morgan fingerprint density at radius 2 is 1.83 bits per heavy atom. The third-order valence-electron chi connectivity index (χ3n) is 10.1. The zero-order valence-electron chi connectivity index (χ0n) is 28.5. The van der Waals surface area contributed by atoms with Gasteiger partial charge in [0.15, 0.2) is 5.69 Å². The number of carbonyl (C=O) groups excluding carboxylic acids is 4. The van der Waals surface area contributed by atoms with E-state index >= 15 is 0 Å². The predicted molar refractivity (Wildman–Crippen MR) is 182 cm³/mol. The number of hydrogen-bond acceptors (Lipinski definition) is 8. The smallest absolute Gasteiger partial charge is 0.364 e. The van der Waals surface area contributed by atoms with Gasteiger partial charge in [0.1, 0.15) is 29.9 Å². The molecule has 4 N–H and O–H groups in total. The van der Waals surface area contributed by atoms with Crippen molar-refractivity contribution in [2.75, 3.05) is 11.9 Å². The first kappa shape index (κ1) is 34.8. The van der Waals surface area contributed by atoms with Gasteiger partial charge < -0.3 is 21.3 Å². The van der Waals surface area contributed by atoms with E-state index in [4.69, 9.17) is 5.73 Å². The second kappa shape index (κ2) is 13.1. The minimum Gasteiger partial charge on any atom is -0.364 e. The Morgan fingerprint density at radius 3 is 2.56 bits per heavy atom. The molecule has 1 aliphatic carbocycles. The van der Waals surface area contributed by atoms with Gasteiger partial charge >= 0.3 is 6.18 Å². The maximum atomic E-state index is 14.4. The maximum Gasteiger partial charge on any atom is 0.433 e. The highest BCUT2D eigenvalue weighted by atomic mass is 19.4. The SMILES string of the molecule is Cc1ncc(-c2cc3c4c(c2)c(C(N)=O)nn4CC(=O)N2[C@H](C(=O)Nc4nc(C(F)(F)F)ccc4C)C[C@@]4(CNC(=O)CCCC=CC3)C[C@@H]24)cn1. The van der Waals surface area contributed by atoms with Gasteiger partial charge in [-0.1, -0.05) is 18.2 Å². The fourth-order valence-corrected chi connectivity index (χ4v) is 7.33. The van der Waals surface area contributed by atoms with Crippen molar-refractivity contribution >= 4 is 40.3 Å². The molecule has 1 saturated heterocycles. The first-order valence-corrected chi connectivity index (χ1v) is 16.9. The molecule has 2 bridgehead atoms. The van der Waals surface area contributed by atoms with E-state index in [2.05, 4.69) is 30.7 Å². The van der Waals surface area contributed by atoms with E-state index in [1.54, 1.807) is 25.4 Å². The molecule has 0 spiro atoms. The van der Waals surface area contributed by atoms with Gasteiger partial charge in [-0.15, -0.1) is 0 Å². The van der Waals surface area contributed by atoms with Crippen LogP contribution in [0.4, 0.5) is 19.0 Å². The molecular weight excluding hydrogens is 679 g/mol. The summed E-state index contributed by atoms with van der Waals surface area (Å²) in [6.45, 7) is 3.15. The van der Waals surface area contributed by atoms with E-state index in [-0.39, 0.29) is 43.4 Å². The van der Waals surface area contributed by atoms with E-state index < -0.39 is 47.1 Å². The number of alkyl halides is 3. The van der Waals surface area contributed by atoms with Crippen LogP contribution in [-0.4, -0.2) is 71.9 Å². The number of amides is 4. The molecule has 13 nitrogen and oxygen atoms in total. The van der Waals surface area contributed by atoms with Crippen LogP contribution in [0.3, 0.4) is 0 Å². The lowest BCUT2D eigenvalue weighted by molar-refractivity contribution is -0.141. The number of nitrogens with two attached hydrogens (primary N) is 1. The molecule has 7 rings (SSSR count). The number of anilines is 1. The number of nitrogens with zero attached hydrogens (tertiary/aromatic N) is 6. The molecule has 3 aromatic heterocycles. The molecule has 3 aliphatic rings. The van der Waals surface area contributed by atoms with Crippen LogP contribution in [0.5, 0.6) is 0 Å². The summed E-state index contributed by atoms with van der Waals surface area (Å²) in [4.78, 5) is 67.5. The second-order valence-electron chi connectivity index (χ2n) is 13.7. The van der Waals surface area contributed by atoms with Crippen molar-refractivity contribution in [3.05, 3.63) is 77.2 Å². The minimum atomic E-state index is -4.73. The molecule has 0 radical (unpaired) electrons. The number of pyridine rings is 1. The number of primary amides is 1. The zero-order valence-corrected chi connectivity index (χ0v) is 28.5. The highest BCUT2D eigenvalue weighted by Crippen LogP contribution is 2.59. The molecule has 2 fully saturated rings. The number of aromatic nitrogens is 5. The summed E-state index contributed by atoms with van der Waals surface area (Å²) in [7, 11) is 0. The molecule has 270 valence electrons. The number of carbonyl (C=O) groups is 4. The van der Waals surface area contributed by atoms with Gasteiger partial charge in [0, 0.05) is 47.8 Å². The van der Waals surface area contributed by atoms with E-state index in [9.17, 15) is 32.3 Å². The van der Waals surface area contributed by atoms with Gasteiger partial charge in [-0.3, -0.25) is 23.9 Å². The summed E-state index contributed by atoms with van der Waals surface area (Å²) >= 11 is 0. The van der Waals surface area contributed by atoms with Crippen molar-refractivity contribution in [3.8, 4) is 11.1 Å². The monoisotopic (exact) mass is 715 g/mol. The fraction of sp³-hybridized carbons (Fsp3) is 0.389. The molecule has 4 amide bonds. The van der Waals surface area contributed by atoms with Crippen LogP contribution in [0.15, 0.2) is 48.8 Å². The summed E-state index contributed by atoms with van der Waals surface area (Å²) in [5, 5.41) is 10.4. The molecular formula is C36H36F3N9O4. The average Bonchev–Trinajstić information content (AvgIpc) is 3.50. The normalized spacial score (nSPS) is 22.1. The van der Waals surface area contributed by atoms with Crippen molar-refractivity contribution in [3.63, 3.8) is 0 Å². The van der Waals surface area contributed by atoms with E-state index in [1.807, 2.05) is 18.2 Å². The van der Waals surface area contributed by atoms with Crippen molar-refractivity contribution in [2.24, 2.45) is 11.1 Å². The molecule has 3 atom stereocenters. The van der Waals surface area contributed by atoms with E-state index in [1.165, 1.54) is 22.6 Å². The first-order chi connectivity index (χ1) is 24.7. The summed E-state index contributed by atoms with van der Waals surface area (Å²) in [6, 6.07) is 4.22. The van der Waals surface area contributed by atoms with Gasteiger partial charge in [-0.25, -0.2) is 15.0 Å². The van der Waals surface area contributed by atoms with Gasteiger partial charge in [0.2, 0.25) is 17.7 Å². The lowest BCUT2D eigenvalue weighted by atomic mass is 9.98. The summed E-state index contributed by atoms with van der Waals surface area (Å²) in [6.07, 6.45) is 5.14. The number of allylic oxidation sites excluding steroid dienone is 2. The lowest BCUT2D eigenvalue weighted by Gasteiger charge is -2.27. The van der Waals surface area contributed by atoms with Crippen LogP contribution in [0.1, 0.15) is 65.2 Å². The molecule has 16 heteroatoms. The van der Waals surface area contributed by atoms with Gasteiger partial charge in [-0.05, 0) is 80.8 Å². The summed E-state index contributed by atoms with van der Waals surface area (Å²) < 4.78 is 41.9. The highest BCUT2D eigenvalue weighted by Gasteiger charge is 2.67. The van der Waals surface area contributed by atoms with Crippen molar-refractivity contribution in [1.29, 1.82) is 0 Å². The highest BCUT2D eigenvalue weighted by molar-refractivity contribution is 6.06. The Labute approximate surface area is 295 Å². The van der Waals surface area contributed by atoms with Gasteiger partial charge in [-0.2, -0.15) is 18.3 Å². The third-order valence-corrected chi connectivity index (χ3v) is 10.1. The number of aryl methyl sites for hydroxylation is 2. The molecule has 52 heavy (non-hydrogen) atoms. The number of hydrogen-bond donors (Lipinski definition) is 3. The van der Waals surface area contributed by atoms with Crippen LogP contribution >= 0.6 is 0 Å². The Morgan fingerprint density at radius 1 is 1.06 bits per heavy atom. The van der Waals surface area contributed by atoms with E-state index in [0.29, 0.717) is 59.1 Å². The van der Waals surface area contributed by atoms with Crippen LogP contribution in [0.2, 0.25) is 0 Å². The third kappa shape index (κ3) is 6.60.